The van der Waals surface area contributed by atoms with E-state index in [2.05, 4.69) is 23.2 Å². The van der Waals surface area contributed by atoms with E-state index in [0.29, 0.717) is 19.4 Å². The predicted molar refractivity (Wildman–Crippen MR) is 77.2 cm³/mol. The molecule has 0 aliphatic carbocycles. The lowest BCUT2D eigenvalue weighted by Gasteiger charge is -2.04. The maximum Gasteiger partial charge on any atom is 0.306 e. The first-order valence-corrected chi connectivity index (χ1v) is 6.74. The lowest BCUT2D eigenvalue weighted by molar-refractivity contribution is -0.142. The largest absolute Gasteiger partial charge is 0.466 e. The highest BCUT2D eigenvalue weighted by molar-refractivity contribution is 6.06. The Bertz CT molecular complexity index is 489. The molecule has 0 bridgehead atoms. The summed E-state index contributed by atoms with van der Waals surface area (Å²) in [5.41, 5.74) is 3.48. The van der Waals surface area contributed by atoms with Crippen LogP contribution in [0.5, 0.6) is 0 Å². The zero-order valence-corrected chi connectivity index (χ0v) is 11.3. The Labute approximate surface area is 114 Å². The molecule has 1 aliphatic heterocycles. The Morgan fingerprint density at radius 3 is 2.89 bits per heavy atom. The SMILES string of the molecule is CCOC(=O)CCC1=NCC/C1=C\c1ccccc1. The van der Waals surface area contributed by atoms with E-state index >= 15 is 0 Å². The second kappa shape index (κ2) is 6.88. The van der Waals surface area contributed by atoms with Gasteiger partial charge in [0.2, 0.25) is 0 Å². The summed E-state index contributed by atoms with van der Waals surface area (Å²) >= 11 is 0. The van der Waals surface area contributed by atoms with Crippen LogP contribution in [0.3, 0.4) is 0 Å². The molecule has 1 aromatic rings. The number of aliphatic imine (C=N–C) groups is 1. The quantitative estimate of drug-likeness (QED) is 0.759. The smallest absolute Gasteiger partial charge is 0.306 e. The molecule has 0 N–H and O–H groups in total. The molecule has 0 aromatic heterocycles. The van der Waals surface area contributed by atoms with Gasteiger partial charge in [0.1, 0.15) is 0 Å². The molecule has 1 aromatic carbocycles. The van der Waals surface area contributed by atoms with E-state index in [4.69, 9.17) is 4.74 Å². The fraction of sp³-hybridized carbons (Fsp3) is 0.375. The third kappa shape index (κ3) is 4.05. The first kappa shape index (κ1) is 13.5. The predicted octanol–water partition coefficient (Wildman–Crippen LogP) is 3.26. The van der Waals surface area contributed by atoms with Crippen LogP contribution in [-0.4, -0.2) is 24.8 Å². The summed E-state index contributed by atoms with van der Waals surface area (Å²) in [7, 11) is 0. The van der Waals surface area contributed by atoms with Crippen LogP contribution >= 0.6 is 0 Å². The van der Waals surface area contributed by atoms with Gasteiger partial charge in [-0.15, -0.1) is 0 Å². The molecule has 0 amide bonds. The third-order valence-electron chi connectivity index (χ3n) is 3.07. The molecule has 0 saturated heterocycles. The van der Waals surface area contributed by atoms with E-state index in [9.17, 15) is 4.79 Å². The molecule has 1 aliphatic rings. The number of carbonyl (C=O) groups excluding carboxylic acids is 1. The van der Waals surface area contributed by atoms with E-state index in [1.54, 1.807) is 0 Å². The summed E-state index contributed by atoms with van der Waals surface area (Å²) in [6.45, 7) is 3.10. The van der Waals surface area contributed by atoms with Crippen LogP contribution in [-0.2, 0) is 9.53 Å². The highest BCUT2D eigenvalue weighted by Gasteiger charge is 2.15. The molecule has 19 heavy (non-hydrogen) atoms. The maximum atomic E-state index is 11.4. The molecule has 0 atom stereocenters. The molecule has 3 heteroatoms. The second-order valence-corrected chi connectivity index (χ2v) is 4.46. The van der Waals surface area contributed by atoms with Gasteiger partial charge < -0.3 is 4.74 Å². The minimum Gasteiger partial charge on any atom is -0.466 e. The van der Waals surface area contributed by atoms with Gasteiger partial charge in [-0.25, -0.2) is 0 Å². The fourth-order valence-electron chi connectivity index (χ4n) is 2.16. The van der Waals surface area contributed by atoms with Gasteiger partial charge in [0.15, 0.2) is 0 Å². The number of benzene rings is 1. The van der Waals surface area contributed by atoms with E-state index in [-0.39, 0.29) is 5.97 Å². The van der Waals surface area contributed by atoms with Gasteiger partial charge in [0.25, 0.3) is 0 Å². The van der Waals surface area contributed by atoms with Crippen LogP contribution in [0.2, 0.25) is 0 Å². The summed E-state index contributed by atoms with van der Waals surface area (Å²) in [4.78, 5) is 15.9. The monoisotopic (exact) mass is 257 g/mol. The zero-order valence-electron chi connectivity index (χ0n) is 11.3. The highest BCUT2D eigenvalue weighted by atomic mass is 16.5. The van der Waals surface area contributed by atoms with E-state index in [1.807, 2.05) is 25.1 Å². The first-order valence-electron chi connectivity index (χ1n) is 6.74. The molecular formula is C16H19NO2. The van der Waals surface area contributed by atoms with Crippen LogP contribution in [0.15, 0.2) is 40.9 Å². The van der Waals surface area contributed by atoms with Crippen molar-refractivity contribution in [2.45, 2.75) is 26.2 Å². The van der Waals surface area contributed by atoms with Gasteiger partial charge >= 0.3 is 5.97 Å². The summed E-state index contributed by atoms with van der Waals surface area (Å²) in [5, 5.41) is 0. The van der Waals surface area contributed by atoms with Crippen LogP contribution in [0.25, 0.3) is 6.08 Å². The van der Waals surface area contributed by atoms with Crippen molar-refractivity contribution >= 4 is 17.8 Å². The van der Waals surface area contributed by atoms with Gasteiger partial charge in [-0.2, -0.15) is 0 Å². The van der Waals surface area contributed by atoms with Crippen molar-refractivity contribution in [3.63, 3.8) is 0 Å². The first-order chi connectivity index (χ1) is 9.29. The van der Waals surface area contributed by atoms with Gasteiger partial charge in [0, 0.05) is 12.3 Å². The van der Waals surface area contributed by atoms with Gasteiger partial charge in [0.05, 0.1) is 13.0 Å². The minimum absolute atomic E-state index is 0.142. The zero-order chi connectivity index (χ0) is 13.5. The molecule has 2 rings (SSSR count). The van der Waals surface area contributed by atoms with Crippen molar-refractivity contribution in [3.8, 4) is 0 Å². The molecule has 0 radical (unpaired) electrons. The molecule has 3 nitrogen and oxygen atoms in total. The molecule has 0 unspecified atom stereocenters. The van der Waals surface area contributed by atoms with Crippen molar-refractivity contribution in [1.29, 1.82) is 0 Å². The molecule has 1 heterocycles. The van der Waals surface area contributed by atoms with Crippen molar-refractivity contribution in [2.75, 3.05) is 13.2 Å². The number of hydrogen-bond donors (Lipinski definition) is 0. The summed E-state index contributed by atoms with van der Waals surface area (Å²) in [6.07, 6.45) is 4.22. The number of ether oxygens (including phenoxy) is 1. The summed E-state index contributed by atoms with van der Waals surface area (Å²) in [5.74, 6) is -0.142. The molecule has 100 valence electrons. The van der Waals surface area contributed by atoms with Crippen molar-refractivity contribution in [1.82, 2.24) is 0 Å². The molecular weight excluding hydrogens is 238 g/mol. The third-order valence-corrected chi connectivity index (χ3v) is 3.07. The van der Waals surface area contributed by atoms with E-state index < -0.39 is 0 Å². The molecule has 0 fully saturated rings. The normalized spacial score (nSPS) is 16.5. The van der Waals surface area contributed by atoms with Gasteiger partial charge in [-0.3, -0.25) is 9.79 Å². The molecule has 0 spiro atoms. The van der Waals surface area contributed by atoms with E-state index in [0.717, 1.165) is 18.7 Å². The second-order valence-electron chi connectivity index (χ2n) is 4.46. The van der Waals surface area contributed by atoms with Crippen LogP contribution in [0, 0.1) is 0 Å². The van der Waals surface area contributed by atoms with Crippen LogP contribution < -0.4 is 0 Å². The van der Waals surface area contributed by atoms with Crippen LogP contribution in [0.1, 0.15) is 31.7 Å². The average Bonchev–Trinajstić information content (AvgIpc) is 2.85. The number of rotatable bonds is 5. The van der Waals surface area contributed by atoms with Crippen molar-refractivity contribution in [2.24, 2.45) is 4.99 Å². The standard InChI is InChI=1S/C16H19NO2/c1-2-19-16(18)9-8-15-14(10-11-17-15)12-13-6-4-3-5-7-13/h3-7,12H,2,8-11H2,1H3/b14-12+. The fourth-order valence-corrected chi connectivity index (χ4v) is 2.16. The number of hydrogen-bond acceptors (Lipinski definition) is 3. The number of carbonyl (C=O) groups is 1. The number of nitrogens with zero attached hydrogens (tertiary/aromatic N) is 1. The topological polar surface area (TPSA) is 38.7 Å². The maximum absolute atomic E-state index is 11.4. The van der Waals surface area contributed by atoms with E-state index in [1.165, 1.54) is 11.1 Å². The summed E-state index contributed by atoms with van der Waals surface area (Å²) < 4.78 is 4.94. The Kier molecular flexibility index (Phi) is 4.90. The number of esters is 1. The minimum atomic E-state index is -0.142. The Morgan fingerprint density at radius 1 is 1.37 bits per heavy atom. The van der Waals surface area contributed by atoms with Crippen molar-refractivity contribution in [3.05, 3.63) is 41.5 Å². The van der Waals surface area contributed by atoms with Crippen LogP contribution in [0.4, 0.5) is 0 Å². The molecule has 0 saturated carbocycles. The summed E-state index contributed by atoms with van der Waals surface area (Å²) in [6, 6.07) is 10.2. The lowest BCUT2D eigenvalue weighted by Crippen LogP contribution is -2.07. The van der Waals surface area contributed by atoms with Crippen molar-refractivity contribution < 1.29 is 9.53 Å². The van der Waals surface area contributed by atoms with Gasteiger partial charge in [-0.05, 0) is 37.0 Å². The Morgan fingerprint density at radius 2 is 2.16 bits per heavy atom. The Balaban J connectivity index is 1.97. The lowest BCUT2D eigenvalue weighted by atomic mass is 10.0. The highest BCUT2D eigenvalue weighted by Crippen LogP contribution is 2.20. The Hall–Kier alpha value is -1.90. The van der Waals surface area contributed by atoms with Gasteiger partial charge in [-0.1, -0.05) is 30.3 Å². The average molecular weight is 257 g/mol.